The maximum atomic E-state index is 10.0. The summed E-state index contributed by atoms with van der Waals surface area (Å²) in [6.45, 7) is 6.67. The average molecular weight is 401 g/mol. The van der Waals surface area contributed by atoms with E-state index in [-0.39, 0.29) is 12.4 Å². The number of nitrogens with zero attached hydrogens (tertiary/aromatic N) is 2. The molecule has 1 atom stereocenters. The third-order valence-corrected chi connectivity index (χ3v) is 5.65. The molecule has 2 aromatic carbocycles. The van der Waals surface area contributed by atoms with E-state index in [0.717, 1.165) is 56.0 Å². The first-order valence-corrected chi connectivity index (χ1v) is 10.1. The number of aliphatic hydroxyl groups excluding tert-OH is 1. The third-order valence-electron chi connectivity index (χ3n) is 5.65. The van der Waals surface area contributed by atoms with Crippen LogP contribution in [0.3, 0.4) is 0 Å². The van der Waals surface area contributed by atoms with Crippen LogP contribution in [0.15, 0.2) is 36.4 Å². The van der Waals surface area contributed by atoms with Crippen molar-refractivity contribution in [2.24, 2.45) is 0 Å². The van der Waals surface area contributed by atoms with E-state index in [0.29, 0.717) is 11.8 Å². The predicted octanol–water partition coefficient (Wildman–Crippen LogP) is 2.79. The molecule has 1 fully saturated rings. The van der Waals surface area contributed by atoms with Crippen molar-refractivity contribution in [2.75, 3.05) is 40.5 Å². The largest absolute Gasteiger partial charge is 0.504 e. The molecular formula is C23H32N2O4. The molecular weight excluding hydrogens is 368 g/mol. The van der Waals surface area contributed by atoms with Gasteiger partial charge in [-0.25, -0.2) is 0 Å². The van der Waals surface area contributed by atoms with Crippen LogP contribution in [0.1, 0.15) is 23.1 Å². The number of piperazine rings is 1. The lowest BCUT2D eigenvalue weighted by Crippen LogP contribution is -2.52. The highest BCUT2D eigenvalue weighted by atomic mass is 16.5. The highest BCUT2D eigenvalue weighted by Crippen LogP contribution is 2.28. The first-order chi connectivity index (χ1) is 14.0. The molecule has 29 heavy (non-hydrogen) atoms. The summed E-state index contributed by atoms with van der Waals surface area (Å²) in [6, 6.07) is 12.2. The van der Waals surface area contributed by atoms with Gasteiger partial charge < -0.3 is 19.7 Å². The standard InChI is InChI=1S/C23H32N2O4/c1-17-12-18(4-6-22(17)28-2)15-25-10-9-24(16-20(25)8-11-26)14-19-5-7-23(29-3)21(27)13-19/h4-7,12-13,20,26-27H,8-11,14-16H2,1-3H3/t20-/m0/s1. The fourth-order valence-electron chi connectivity index (χ4n) is 4.10. The smallest absolute Gasteiger partial charge is 0.160 e. The number of aliphatic hydroxyl groups is 1. The van der Waals surface area contributed by atoms with Gasteiger partial charge in [-0.3, -0.25) is 9.80 Å². The number of rotatable bonds is 8. The lowest BCUT2D eigenvalue weighted by Gasteiger charge is -2.41. The summed E-state index contributed by atoms with van der Waals surface area (Å²) >= 11 is 0. The van der Waals surface area contributed by atoms with Crippen molar-refractivity contribution >= 4 is 0 Å². The molecule has 0 radical (unpaired) electrons. The van der Waals surface area contributed by atoms with Crippen LogP contribution >= 0.6 is 0 Å². The van der Waals surface area contributed by atoms with Gasteiger partial charge >= 0.3 is 0 Å². The zero-order chi connectivity index (χ0) is 20.8. The predicted molar refractivity (Wildman–Crippen MR) is 114 cm³/mol. The monoisotopic (exact) mass is 400 g/mol. The molecule has 0 unspecified atom stereocenters. The fourth-order valence-corrected chi connectivity index (χ4v) is 4.10. The van der Waals surface area contributed by atoms with Gasteiger partial charge in [0.1, 0.15) is 5.75 Å². The van der Waals surface area contributed by atoms with Crippen LogP contribution in [-0.4, -0.2) is 66.5 Å². The van der Waals surface area contributed by atoms with Gasteiger partial charge in [-0.15, -0.1) is 0 Å². The second-order valence-corrected chi connectivity index (χ2v) is 7.68. The van der Waals surface area contributed by atoms with E-state index in [1.54, 1.807) is 26.4 Å². The van der Waals surface area contributed by atoms with Crippen molar-refractivity contribution in [3.63, 3.8) is 0 Å². The van der Waals surface area contributed by atoms with E-state index >= 15 is 0 Å². The van der Waals surface area contributed by atoms with Crippen LogP contribution in [0.25, 0.3) is 0 Å². The Morgan fingerprint density at radius 2 is 1.66 bits per heavy atom. The molecule has 0 saturated carbocycles. The molecule has 2 N–H and O–H groups in total. The number of methoxy groups -OCH3 is 2. The van der Waals surface area contributed by atoms with Crippen LogP contribution in [0.5, 0.6) is 17.2 Å². The average Bonchev–Trinajstić information content (AvgIpc) is 2.70. The normalized spacial score (nSPS) is 18.0. The molecule has 0 spiro atoms. The molecule has 3 rings (SSSR count). The SMILES string of the molecule is COc1ccc(CN2CCN(Cc3ccc(OC)c(O)c3)C[C@@H]2CCO)cc1C. The fraction of sp³-hybridized carbons (Fsp3) is 0.478. The number of ether oxygens (including phenoxy) is 2. The molecule has 1 aliphatic heterocycles. The van der Waals surface area contributed by atoms with E-state index in [1.165, 1.54) is 5.56 Å². The first kappa shape index (κ1) is 21.4. The van der Waals surface area contributed by atoms with Crippen molar-refractivity contribution in [3.8, 4) is 17.2 Å². The van der Waals surface area contributed by atoms with E-state index in [1.807, 2.05) is 12.1 Å². The lowest BCUT2D eigenvalue weighted by molar-refractivity contribution is 0.0499. The Morgan fingerprint density at radius 3 is 2.28 bits per heavy atom. The first-order valence-electron chi connectivity index (χ1n) is 10.1. The molecule has 0 bridgehead atoms. The Bertz CT molecular complexity index is 811. The van der Waals surface area contributed by atoms with Gasteiger partial charge in [0.25, 0.3) is 0 Å². The number of aryl methyl sites for hydroxylation is 1. The highest BCUT2D eigenvalue weighted by molar-refractivity contribution is 5.41. The van der Waals surface area contributed by atoms with Crippen LogP contribution in [0.2, 0.25) is 0 Å². The quantitative estimate of drug-likeness (QED) is 0.710. The Balaban J connectivity index is 1.64. The van der Waals surface area contributed by atoms with Crippen LogP contribution in [-0.2, 0) is 13.1 Å². The van der Waals surface area contributed by atoms with Gasteiger partial charge in [0.2, 0.25) is 0 Å². The summed E-state index contributed by atoms with van der Waals surface area (Å²) < 4.78 is 10.5. The molecule has 1 heterocycles. The number of phenolic OH excluding ortho intramolecular Hbond substituents is 1. The summed E-state index contributed by atoms with van der Waals surface area (Å²) in [5, 5.41) is 19.6. The van der Waals surface area contributed by atoms with Gasteiger partial charge in [0.15, 0.2) is 11.5 Å². The summed E-state index contributed by atoms with van der Waals surface area (Å²) in [5.74, 6) is 1.57. The number of hydrogen-bond acceptors (Lipinski definition) is 6. The minimum Gasteiger partial charge on any atom is -0.504 e. The molecule has 6 heteroatoms. The van der Waals surface area contributed by atoms with Crippen LogP contribution < -0.4 is 9.47 Å². The van der Waals surface area contributed by atoms with Crippen molar-refractivity contribution < 1.29 is 19.7 Å². The molecule has 0 amide bonds. The Hall–Kier alpha value is -2.28. The van der Waals surface area contributed by atoms with E-state index in [4.69, 9.17) is 9.47 Å². The summed E-state index contributed by atoms with van der Waals surface area (Å²) in [5.41, 5.74) is 3.46. The van der Waals surface area contributed by atoms with Gasteiger partial charge in [0.05, 0.1) is 14.2 Å². The number of hydrogen-bond donors (Lipinski definition) is 2. The van der Waals surface area contributed by atoms with E-state index < -0.39 is 0 Å². The number of aromatic hydroxyl groups is 1. The molecule has 1 saturated heterocycles. The van der Waals surface area contributed by atoms with Crippen molar-refractivity contribution in [2.45, 2.75) is 32.5 Å². The van der Waals surface area contributed by atoms with Crippen LogP contribution in [0, 0.1) is 6.92 Å². The highest BCUT2D eigenvalue weighted by Gasteiger charge is 2.27. The topological polar surface area (TPSA) is 65.4 Å². The number of phenols is 1. The minimum absolute atomic E-state index is 0.172. The molecule has 1 aliphatic rings. The Labute approximate surface area is 173 Å². The van der Waals surface area contributed by atoms with Gasteiger partial charge in [0, 0.05) is 45.4 Å². The zero-order valence-electron chi connectivity index (χ0n) is 17.6. The van der Waals surface area contributed by atoms with E-state index in [9.17, 15) is 10.2 Å². The lowest BCUT2D eigenvalue weighted by atomic mass is 10.0. The van der Waals surface area contributed by atoms with E-state index in [2.05, 4.69) is 28.9 Å². The van der Waals surface area contributed by atoms with Gasteiger partial charge in [-0.2, -0.15) is 0 Å². The maximum absolute atomic E-state index is 10.0. The second-order valence-electron chi connectivity index (χ2n) is 7.68. The summed E-state index contributed by atoms with van der Waals surface area (Å²) in [7, 11) is 3.25. The minimum atomic E-state index is 0.172. The third kappa shape index (κ3) is 5.41. The second kappa shape index (κ2) is 9.96. The van der Waals surface area contributed by atoms with Crippen LogP contribution in [0.4, 0.5) is 0 Å². The van der Waals surface area contributed by atoms with Gasteiger partial charge in [-0.05, 0) is 48.2 Å². The molecule has 0 aromatic heterocycles. The summed E-state index contributed by atoms with van der Waals surface area (Å²) in [4.78, 5) is 4.84. The van der Waals surface area contributed by atoms with Gasteiger partial charge in [-0.1, -0.05) is 18.2 Å². The molecule has 158 valence electrons. The number of benzene rings is 2. The van der Waals surface area contributed by atoms with Crippen molar-refractivity contribution in [1.29, 1.82) is 0 Å². The molecule has 6 nitrogen and oxygen atoms in total. The molecule has 0 aliphatic carbocycles. The zero-order valence-corrected chi connectivity index (χ0v) is 17.6. The summed E-state index contributed by atoms with van der Waals surface area (Å²) in [6.07, 6.45) is 0.750. The van der Waals surface area contributed by atoms with Crippen molar-refractivity contribution in [1.82, 2.24) is 9.80 Å². The Kier molecular flexibility index (Phi) is 7.36. The molecule has 2 aromatic rings. The van der Waals surface area contributed by atoms with Crippen molar-refractivity contribution in [3.05, 3.63) is 53.1 Å². The maximum Gasteiger partial charge on any atom is 0.160 e. The Morgan fingerprint density at radius 1 is 0.966 bits per heavy atom.